The molecule has 0 radical (unpaired) electrons. The monoisotopic (exact) mass is 703 g/mol. The Morgan fingerprint density at radius 2 is 1.00 bits per heavy atom. The van der Waals surface area contributed by atoms with Gasteiger partial charge in [-0.2, -0.15) is 18.4 Å². The Bertz CT molecular complexity index is 2810. The lowest BCUT2D eigenvalue weighted by Crippen LogP contribution is -2.11. The molecule has 8 aromatic rings. The zero-order chi connectivity index (χ0) is 37.6. The second-order valence-electron chi connectivity index (χ2n) is 16.3. The highest BCUT2D eigenvalue weighted by Crippen LogP contribution is 2.43. The molecule has 0 amide bonds. The minimum atomic E-state index is -4.54. The average molecular weight is 704 g/mol. The van der Waals surface area contributed by atoms with Crippen molar-refractivity contribution in [2.75, 3.05) is 0 Å². The third-order valence-electron chi connectivity index (χ3n) is 10.5. The Morgan fingerprint density at radius 3 is 1.49 bits per heavy atom. The summed E-state index contributed by atoms with van der Waals surface area (Å²) in [6, 6.07) is 39.6. The molecule has 0 saturated heterocycles. The van der Waals surface area contributed by atoms with E-state index in [-0.39, 0.29) is 10.8 Å². The van der Waals surface area contributed by atoms with Gasteiger partial charge in [0.05, 0.1) is 44.6 Å². The number of para-hydroxylation sites is 2. The molecule has 0 aliphatic rings. The van der Waals surface area contributed by atoms with E-state index in [1.807, 2.05) is 54.6 Å². The van der Waals surface area contributed by atoms with E-state index in [1.165, 1.54) is 12.1 Å². The lowest BCUT2D eigenvalue weighted by atomic mass is 9.86. The average Bonchev–Trinajstić information content (AvgIpc) is 3.62. The molecule has 2 aromatic heterocycles. The first-order chi connectivity index (χ1) is 25.0. The van der Waals surface area contributed by atoms with E-state index >= 15 is 0 Å². The summed E-state index contributed by atoms with van der Waals surface area (Å²) in [5.41, 5.74) is 8.10. The maximum atomic E-state index is 14.5. The molecule has 264 valence electrons. The molecule has 8 rings (SSSR count). The SMILES string of the molecule is Cc1cc(-c2cc(-n3c4ccccc4c4ccc(C(C)(C)C)cc43)c(C#N)cc2-n2c3ccccc3c3ccc(C(C)(C)C)cc32)cc(C(F)(F)F)c1. The van der Waals surface area contributed by atoms with E-state index in [2.05, 4.69) is 105 Å². The first-order valence-corrected chi connectivity index (χ1v) is 17.9. The summed E-state index contributed by atoms with van der Waals surface area (Å²) in [6.45, 7) is 14.7. The smallest absolute Gasteiger partial charge is 0.309 e. The highest BCUT2D eigenvalue weighted by Gasteiger charge is 2.32. The summed E-state index contributed by atoms with van der Waals surface area (Å²) in [4.78, 5) is 0. The number of rotatable bonds is 3. The number of fused-ring (bicyclic) bond motifs is 6. The Balaban J connectivity index is 1.55. The summed E-state index contributed by atoms with van der Waals surface area (Å²) in [6.07, 6.45) is -4.54. The standard InChI is InChI=1S/C47H40F3N3/c1-28-20-29(22-33(21-28)47(48,49)50)38-26-41(52-39-14-10-8-12-34(39)36-18-16-31(24-43(36)52)45(2,3)4)30(27-51)23-42(38)53-40-15-11-9-13-35(40)37-19-17-32(25-44(37)53)46(5,6)7/h8-26H,1-7H3. The van der Waals surface area contributed by atoms with Crippen LogP contribution in [-0.4, -0.2) is 9.13 Å². The van der Waals surface area contributed by atoms with Crippen LogP contribution in [-0.2, 0) is 17.0 Å². The number of benzene rings is 6. The van der Waals surface area contributed by atoms with Crippen LogP contribution in [0.4, 0.5) is 13.2 Å². The third kappa shape index (κ3) is 5.67. The van der Waals surface area contributed by atoms with E-state index in [0.29, 0.717) is 33.6 Å². The number of alkyl halides is 3. The topological polar surface area (TPSA) is 33.6 Å². The lowest BCUT2D eigenvalue weighted by molar-refractivity contribution is -0.137. The maximum Gasteiger partial charge on any atom is 0.416 e. The van der Waals surface area contributed by atoms with Crippen LogP contribution in [0, 0.1) is 18.3 Å². The second kappa shape index (κ2) is 11.9. The minimum absolute atomic E-state index is 0.138. The summed E-state index contributed by atoms with van der Waals surface area (Å²) in [5.74, 6) is 0. The molecule has 0 aliphatic carbocycles. The van der Waals surface area contributed by atoms with Gasteiger partial charge in [-0.3, -0.25) is 0 Å². The van der Waals surface area contributed by atoms with Crippen molar-refractivity contribution in [1.82, 2.24) is 9.13 Å². The predicted octanol–water partition coefficient (Wildman–Crippen LogP) is 13.3. The molecule has 0 saturated carbocycles. The Morgan fingerprint density at radius 1 is 0.509 bits per heavy atom. The van der Waals surface area contributed by atoms with Crippen LogP contribution in [0.15, 0.2) is 115 Å². The number of hydrogen-bond acceptors (Lipinski definition) is 1. The van der Waals surface area contributed by atoms with Gasteiger partial charge in [-0.15, -0.1) is 0 Å². The van der Waals surface area contributed by atoms with E-state index in [9.17, 15) is 18.4 Å². The van der Waals surface area contributed by atoms with Gasteiger partial charge in [0.25, 0.3) is 0 Å². The number of nitriles is 1. The fourth-order valence-corrected chi connectivity index (χ4v) is 7.76. The molecule has 3 nitrogen and oxygen atoms in total. The van der Waals surface area contributed by atoms with Crippen molar-refractivity contribution in [2.45, 2.75) is 65.5 Å². The third-order valence-corrected chi connectivity index (χ3v) is 10.5. The van der Waals surface area contributed by atoms with Crippen molar-refractivity contribution in [1.29, 1.82) is 5.26 Å². The summed E-state index contributed by atoms with van der Waals surface area (Å²) in [5, 5.41) is 15.1. The zero-order valence-corrected chi connectivity index (χ0v) is 30.9. The molecular weight excluding hydrogens is 664 g/mol. The van der Waals surface area contributed by atoms with E-state index in [1.54, 1.807) is 6.92 Å². The number of nitrogens with zero attached hydrogens (tertiary/aromatic N) is 3. The number of halogens is 3. The van der Waals surface area contributed by atoms with Crippen molar-refractivity contribution in [2.24, 2.45) is 0 Å². The molecule has 0 unspecified atom stereocenters. The molecule has 53 heavy (non-hydrogen) atoms. The molecule has 2 heterocycles. The fourth-order valence-electron chi connectivity index (χ4n) is 7.76. The molecule has 6 heteroatoms. The fraction of sp³-hybridized carbons (Fsp3) is 0.213. The maximum absolute atomic E-state index is 14.5. The van der Waals surface area contributed by atoms with Gasteiger partial charge in [-0.25, -0.2) is 0 Å². The summed E-state index contributed by atoms with van der Waals surface area (Å²) < 4.78 is 47.6. The van der Waals surface area contributed by atoms with Gasteiger partial charge in [0.1, 0.15) is 6.07 Å². The van der Waals surface area contributed by atoms with Crippen molar-refractivity contribution in [3.63, 3.8) is 0 Å². The predicted molar refractivity (Wildman–Crippen MR) is 212 cm³/mol. The zero-order valence-electron chi connectivity index (χ0n) is 30.9. The molecule has 0 fully saturated rings. The van der Waals surface area contributed by atoms with Gasteiger partial charge in [-0.1, -0.05) is 108 Å². The Labute approximate surface area is 307 Å². The number of hydrogen-bond donors (Lipinski definition) is 0. The van der Waals surface area contributed by atoms with Crippen LogP contribution in [0.5, 0.6) is 0 Å². The number of aryl methyl sites for hydroxylation is 1. The van der Waals surface area contributed by atoms with Gasteiger partial charge in [0, 0.05) is 27.1 Å². The first kappa shape index (κ1) is 34.3. The molecule has 0 bridgehead atoms. The molecule has 0 N–H and O–H groups in total. The summed E-state index contributed by atoms with van der Waals surface area (Å²) >= 11 is 0. The van der Waals surface area contributed by atoms with Crippen molar-refractivity contribution >= 4 is 43.6 Å². The van der Waals surface area contributed by atoms with Crippen LogP contribution in [0.25, 0.3) is 66.1 Å². The lowest BCUT2D eigenvalue weighted by Gasteiger charge is -2.22. The van der Waals surface area contributed by atoms with Gasteiger partial charge in [-0.05, 0) is 88.5 Å². The van der Waals surface area contributed by atoms with Crippen LogP contribution >= 0.6 is 0 Å². The number of aromatic nitrogens is 2. The molecule has 6 aromatic carbocycles. The summed E-state index contributed by atoms with van der Waals surface area (Å²) in [7, 11) is 0. The van der Waals surface area contributed by atoms with E-state index in [4.69, 9.17) is 0 Å². The van der Waals surface area contributed by atoms with Crippen LogP contribution in [0.2, 0.25) is 0 Å². The quantitative estimate of drug-likeness (QED) is 0.180. The van der Waals surface area contributed by atoms with Crippen LogP contribution < -0.4 is 0 Å². The first-order valence-electron chi connectivity index (χ1n) is 17.9. The normalized spacial score (nSPS) is 12.7. The van der Waals surface area contributed by atoms with Crippen molar-refractivity contribution in [3.05, 3.63) is 143 Å². The molecular formula is C47H40F3N3. The molecule has 0 aliphatic heterocycles. The van der Waals surface area contributed by atoms with Gasteiger partial charge in [0.15, 0.2) is 0 Å². The highest BCUT2D eigenvalue weighted by atomic mass is 19.4. The van der Waals surface area contributed by atoms with Gasteiger partial charge in [0.2, 0.25) is 0 Å². The Hall–Kier alpha value is -5.80. The van der Waals surface area contributed by atoms with Crippen molar-refractivity contribution < 1.29 is 13.2 Å². The molecule has 0 spiro atoms. The van der Waals surface area contributed by atoms with E-state index < -0.39 is 11.7 Å². The second-order valence-corrected chi connectivity index (χ2v) is 16.3. The van der Waals surface area contributed by atoms with Crippen molar-refractivity contribution in [3.8, 4) is 28.6 Å². The van der Waals surface area contributed by atoms with Crippen LogP contribution in [0.3, 0.4) is 0 Å². The van der Waals surface area contributed by atoms with Gasteiger partial charge < -0.3 is 9.13 Å². The Kier molecular flexibility index (Phi) is 7.68. The minimum Gasteiger partial charge on any atom is -0.309 e. The largest absolute Gasteiger partial charge is 0.416 e. The van der Waals surface area contributed by atoms with Gasteiger partial charge >= 0.3 is 6.18 Å². The van der Waals surface area contributed by atoms with E-state index in [0.717, 1.165) is 54.7 Å². The highest BCUT2D eigenvalue weighted by molar-refractivity contribution is 6.11. The van der Waals surface area contributed by atoms with Crippen LogP contribution in [0.1, 0.15) is 69.4 Å². The molecule has 0 atom stereocenters.